The predicted octanol–water partition coefficient (Wildman–Crippen LogP) is 1.49. The summed E-state index contributed by atoms with van der Waals surface area (Å²) in [5, 5.41) is 11.8. The van der Waals surface area contributed by atoms with Crippen molar-refractivity contribution in [1.82, 2.24) is 4.90 Å². The highest BCUT2D eigenvalue weighted by molar-refractivity contribution is 5.98. The minimum Gasteiger partial charge on any atom is -0.411 e. The van der Waals surface area contributed by atoms with Crippen LogP contribution >= 0.6 is 0 Å². The normalized spacial score (nSPS) is 20.8. The Morgan fingerprint density at radius 2 is 2.50 bits per heavy atom. The van der Waals surface area contributed by atoms with Gasteiger partial charge in [0.05, 0.1) is 5.71 Å². The Kier molecular flexibility index (Phi) is 3.29. The van der Waals surface area contributed by atoms with Gasteiger partial charge in [0, 0.05) is 13.1 Å². The minimum absolute atomic E-state index is 0.744. The Morgan fingerprint density at radius 1 is 1.75 bits per heavy atom. The summed E-state index contributed by atoms with van der Waals surface area (Å²) >= 11 is 0. The highest BCUT2D eigenvalue weighted by Gasteiger charge is 2.12. The molecule has 1 heterocycles. The van der Waals surface area contributed by atoms with Gasteiger partial charge in [-0.25, -0.2) is 0 Å². The number of oxime groups is 1. The second-order valence-corrected chi connectivity index (χ2v) is 3.07. The fraction of sp³-hybridized carbons (Fsp3) is 0.667. The maximum atomic E-state index is 8.57. The molecular formula is C9H16N2O. The summed E-state index contributed by atoms with van der Waals surface area (Å²) in [6.07, 6.45) is 3.22. The lowest BCUT2D eigenvalue weighted by Gasteiger charge is -2.25. The Hall–Kier alpha value is -0.830. The zero-order chi connectivity index (χ0) is 8.97. The van der Waals surface area contributed by atoms with Crippen molar-refractivity contribution in [2.24, 2.45) is 5.16 Å². The SMILES string of the molecule is CCN1CCC=C(/C(C)=N/O)C1. The summed E-state index contributed by atoms with van der Waals surface area (Å²) in [6, 6.07) is 0. The van der Waals surface area contributed by atoms with Gasteiger partial charge < -0.3 is 5.21 Å². The highest BCUT2D eigenvalue weighted by Crippen LogP contribution is 2.10. The Labute approximate surface area is 73.4 Å². The summed E-state index contributed by atoms with van der Waals surface area (Å²) < 4.78 is 0. The Bertz CT molecular complexity index is 209. The topological polar surface area (TPSA) is 35.8 Å². The standard InChI is InChI=1S/C9H16N2O/c1-3-11-6-4-5-9(7-11)8(2)10-12/h5,12H,3-4,6-7H2,1-2H3/b10-8+. The van der Waals surface area contributed by atoms with Crippen LogP contribution in [0.4, 0.5) is 0 Å². The van der Waals surface area contributed by atoms with Crippen LogP contribution in [0.5, 0.6) is 0 Å². The van der Waals surface area contributed by atoms with E-state index in [1.54, 1.807) is 0 Å². The fourth-order valence-electron chi connectivity index (χ4n) is 1.40. The van der Waals surface area contributed by atoms with Crippen molar-refractivity contribution in [2.75, 3.05) is 19.6 Å². The second-order valence-electron chi connectivity index (χ2n) is 3.07. The van der Waals surface area contributed by atoms with Crippen LogP contribution < -0.4 is 0 Å². The number of hydrogen-bond acceptors (Lipinski definition) is 3. The van der Waals surface area contributed by atoms with Crippen LogP contribution in [0.1, 0.15) is 20.3 Å². The average molecular weight is 168 g/mol. The number of rotatable bonds is 2. The van der Waals surface area contributed by atoms with Gasteiger partial charge in [0.15, 0.2) is 0 Å². The van der Waals surface area contributed by atoms with Gasteiger partial charge in [0.2, 0.25) is 0 Å². The molecule has 0 aliphatic carbocycles. The molecule has 0 saturated carbocycles. The Balaban J connectivity index is 2.61. The highest BCUT2D eigenvalue weighted by atomic mass is 16.4. The summed E-state index contributed by atoms with van der Waals surface area (Å²) in [5.41, 5.74) is 1.90. The molecule has 0 aromatic heterocycles. The molecule has 0 atom stereocenters. The van der Waals surface area contributed by atoms with Gasteiger partial charge in [0.25, 0.3) is 0 Å². The summed E-state index contributed by atoms with van der Waals surface area (Å²) in [5.74, 6) is 0. The first-order chi connectivity index (χ1) is 5.77. The predicted molar refractivity (Wildman–Crippen MR) is 49.7 cm³/mol. The largest absolute Gasteiger partial charge is 0.411 e. The van der Waals surface area contributed by atoms with E-state index in [1.807, 2.05) is 6.92 Å². The van der Waals surface area contributed by atoms with E-state index in [2.05, 4.69) is 23.1 Å². The molecule has 1 rings (SSSR count). The van der Waals surface area contributed by atoms with Gasteiger partial charge in [-0.2, -0.15) is 0 Å². The van der Waals surface area contributed by atoms with Crippen LogP contribution in [0.25, 0.3) is 0 Å². The molecule has 12 heavy (non-hydrogen) atoms. The third-order valence-electron chi connectivity index (χ3n) is 2.29. The lowest BCUT2D eigenvalue weighted by Crippen LogP contribution is -2.31. The third kappa shape index (κ3) is 2.08. The van der Waals surface area contributed by atoms with E-state index in [4.69, 9.17) is 5.21 Å². The summed E-state index contributed by atoms with van der Waals surface area (Å²) in [6.45, 7) is 7.10. The average Bonchev–Trinajstić information content (AvgIpc) is 2.17. The van der Waals surface area contributed by atoms with Crippen LogP contribution in [-0.2, 0) is 0 Å². The van der Waals surface area contributed by atoms with Crippen LogP contribution in [0, 0.1) is 0 Å². The first-order valence-electron chi connectivity index (χ1n) is 4.38. The van der Waals surface area contributed by atoms with Crippen molar-refractivity contribution in [3.8, 4) is 0 Å². The monoisotopic (exact) mass is 168 g/mol. The first kappa shape index (κ1) is 9.26. The zero-order valence-electron chi connectivity index (χ0n) is 7.75. The number of hydrogen-bond donors (Lipinski definition) is 1. The molecule has 0 amide bonds. The van der Waals surface area contributed by atoms with Crippen molar-refractivity contribution in [2.45, 2.75) is 20.3 Å². The summed E-state index contributed by atoms with van der Waals surface area (Å²) in [4.78, 5) is 2.34. The zero-order valence-corrected chi connectivity index (χ0v) is 7.75. The fourth-order valence-corrected chi connectivity index (χ4v) is 1.40. The lowest BCUT2D eigenvalue weighted by molar-refractivity contribution is 0.303. The molecule has 1 aliphatic heterocycles. The van der Waals surface area contributed by atoms with Crippen molar-refractivity contribution < 1.29 is 5.21 Å². The van der Waals surface area contributed by atoms with Crippen LogP contribution in [0.2, 0.25) is 0 Å². The van der Waals surface area contributed by atoms with Crippen molar-refractivity contribution in [1.29, 1.82) is 0 Å². The van der Waals surface area contributed by atoms with E-state index in [0.717, 1.165) is 37.3 Å². The molecule has 3 heteroatoms. The van der Waals surface area contributed by atoms with Gasteiger partial charge in [-0.15, -0.1) is 0 Å². The van der Waals surface area contributed by atoms with Crippen LogP contribution in [0.3, 0.4) is 0 Å². The molecule has 1 aliphatic rings. The van der Waals surface area contributed by atoms with Crippen molar-refractivity contribution >= 4 is 5.71 Å². The Morgan fingerprint density at radius 3 is 3.08 bits per heavy atom. The molecule has 0 unspecified atom stereocenters. The minimum atomic E-state index is 0.744. The maximum Gasteiger partial charge on any atom is 0.0806 e. The molecule has 0 bridgehead atoms. The molecule has 68 valence electrons. The van der Waals surface area contributed by atoms with Gasteiger partial charge in [-0.1, -0.05) is 18.2 Å². The van der Waals surface area contributed by atoms with Crippen molar-refractivity contribution in [3.63, 3.8) is 0 Å². The molecule has 0 spiro atoms. The van der Waals surface area contributed by atoms with Crippen molar-refractivity contribution in [3.05, 3.63) is 11.6 Å². The quantitative estimate of drug-likeness (QED) is 0.385. The molecule has 0 radical (unpaired) electrons. The molecule has 0 saturated heterocycles. The molecule has 0 aromatic carbocycles. The van der Waals surface area contributed by atoms with E-state index in [0.29, 0.717) is 0 Å². The molecule has 0 fully saturated rings. The van der Waals surface area contributed by atoms with Gasteiger partial charge in [-0.05, 0) is 25.5 Å². The number of likely N-dealkylation sites (N-methyl/N-ethyl adjacent to an activating group) is 1. The van der Waals surface area contributed by atoms with E-state index < -0.39 is 0 Å². The van der Waals surface area contributed by atoms with Gasteiger partial charge >= 0.3 is 0 Å². The van der Waals surface area contributed by atoms with E-state index in [-0.39, 0.29) is 0 Å². The van der Waals surface area contributed by atoms with E-state index in [9.17, 15) is 0 Å². The van der Waals surface area contributed by atoms with Crippen LogP contribution in [0.15, 0.2) is 16.8 Å². The molecule has 1 N–H and O–H groups in total. The molecule has 3 nitrogen and oxygen atoms in total. The van der Waals surface area contributed by atoms with E-state index in [1.165, 1.54) is 0 Å². The summed E-state index contributed by atoms with van der Waals surface area (Å²) in [7, 11) is 0. The van der Waals surface area contributed by atoms with E-state index >= 15 is 0 Å². The van der Waals surface area contributed by atoms with Gasteiger partial charge in [-0.3, -0.25) is 4.90 Å². The number of nitrogens with zero attached hydrogens (tertiary/aromatic N) is 2. The smallest absolute Gasteiger partial charge is 0.0806 e. The third-order valence-corrected chi connectivity index (χ3v) is 2.29. The lowest BCUT2D eigenvalue weighted by atomic mass is 10.1. The maximum absolute atomic E-state index is 8.57. The van der Waals surface area contributed by atoms with Gasteiger partial charge in [0.1, 0.15) is 0 Å². The molecule has 0 aromatic rings. The van der Waals surface area contributed by atoms with Crippen LogP contribution in [-0.4, -0.2) is 35.5 Å². The first-order valence-corrected chi connectivity index (χ1v) is 4.38. The molecular weight excluding hydrogens is 152 g/mol. The second kappa shape index (κ2) is 4.26.